The third-order valence-corrected chi connectivity index (χ3v) is 3.94. The van der Waals surface area contributed by atoms with Crippen molar-refractivity contribution in [2.75, 3.05) is 5.32 Å². The Balaban J connectivity index is 2.07. The molecule has 1 atom stereocenters. The molecule has 0 aliphatic heterocycles. The largest absolute Gasteiger partial charge is 0.476 e. The van der Waals surface area contributed by atoms with Crippen LogP contribution in [0.2, 0.25) is 0 Å². The van der Waals surface area contributed by atoms with Gasteiger partial charge in [-0.15, -0.1) is 22.7 Å². The zero-order valence-corrected chi connectivity index (χ0v) is 10.9. The maximum absolute atomic E-state index is 10.7. The van der Waals surface area contributed by atoms with E-state index in [1.54, 1.807) is 11.3 Å². The topological polar surface area (TPSA) is 75.1 Å². The van der Waals surface area contributed by atoms with Gasteiger partial charge < -0.3 is 10.4 Å². The fourth-order valence-electron chi connectivity index (χ4n) is 1.26. The molecule has 0 amide bonds. The van der Waals surface area contributed by atoms with Crippen LogP contribution in [-0.2, 0) is 0 Å². The van der Waals surface area contributed by atoms with Gasteiger partial charge in [0.15, 0.2) is 10.8 Å². The molecule has 2 aromatic rings. The van der Waals surface area contributed by atoms with Crippen LogP contribution in [0.15, 0.2) is 11.6 Å². The van der Waals surface area contributed by atoms with Crippen LogP contribution in [0, 0.1) is 6.92 Å². The summed E-state index contributed by atoms with van der Waals surface area (Å²) in [5.74, 6) is -1.01. The minimum Gasteiger partial charge on any atom is -0.476 e. The standard InChI is InChI=1S/C10H11N3O2S2/c1-5-3-11-8(17-5)6(2)12-10-13-7(4-16-10)9(14)15/h3-4,6H,1-2H3,(H,12,13)(H,14,15). The van der Waals surface area contributed by atoms with E-state index in [9.17, 15) is 4.79 Å². The zero-order valence-electron chi connectivity index (χ0n) is 9.30. The lowest BCUT2D eigenvalue weighted by molar-refractivity contribution is 0.0691. The maximum atomic E-state index is 10.7. The van der Waals surface area contributed by atoms with Crippen LogP contribution in [0.5, 0.6) is 0 Å². The molecular weight excluding hydrogens is 258 g/mol. The normalized spacial score (nSPS) is 12.4. The van der Waals surface area contributed by atoms with Crippen molar-refractivity contribution in [3.8, 4) is 0 Å². The molecule has 0 saturated carbocycles. The van der Waals surface area contributed by atoms with Crippen LogP contribution in [0.3, 0.4) is 0 Å². The number of carbonyl (C=O) groups is 1. The molecule has 0 aromatic carbocycles. The summed E-state index contributed by atoms with van der Waals surface area (Å²) >= 11 is 2.90. The number of hydrogen-bond donors (Lipinski definition) is 2. The van der Waals surface area contributed by atoms with Gasteiger partial charge in [0.25, 0.3) is 0 Å². The van der Waals surface area contributed by atoms with Crippen molar-refractivity contribution in [3.05, 3.63) is 27.2 Å². The first-order chi connectivity index (χ1) is 8.06. The summed E-state index contributed by atoms with van der Waals surface area (Å²) in [6, 6.07) is 0.0292. The number of aromatic nitrogens is 2. The van der Waals surface area contributed by atoms with Gasteiger partial charge in [0.05, 0.1) is 6.04 Å². The first-order valence-electron chi connectivity index (χ1n) is 4.94. The molecule has 17 heavy (non-hydrogen) atoms. The molecule has 0 saturated heterocycles. The molecule has 1 unspecified atom stereocenters. The minimum absolute atomic E-state index is 0.0292. The molecule has 0 spiro atoms. The third kappa shape index (κ3) is 2.80. The summed E-state index contributed by atoms with van der Waals surface area (Å²) in [7, 11) is 0. The molecular formula is C10H11N3O2S2. The number of hydrogen-bond acceptors (Lipinski definition) is 6. The van der Waals surface area contributed by atoms with Crippen molar-refractivity contribution in [3.63, 3.8) is 0 Å². The maximum Gasteiger partial charge on any atom is 0.355 e. The quantitative estimate of drug-likeness (QED) is 0.892. The average Bonchev–Trinajstić information content (AvgIpc) is 2.86. The fraction of sp³-hybridized carbons (Fsp3) is 0.300. The second kappa shape index (κ2) is 4.80. The van der Waals surface area contributed by atoms with Gasteiger partial charge in [0.2, 0.25) is 0 Å². The number of thiazole rings is 2. The van der Waals surface area contributed by atoms with Gasteiger partial charge in [0, 0.05) is 16.5 Å². The van der Waals surface area contributed by atoms with Crippen molar-refractivity contribution in [2.45, 2.75) is 19.9 Å². The van der Waals surface area contributed by atoms with Gasteiger partial charge >= 0.3 is 5.97 Å². The van der Waals surface area contributed by atoms with E-state index in [2.05, 4.69) is 15.3 Å². The number of carboxylic acids is 1. The Hall–Kier alpha value is -1.47. The van der Waals surface area contributed by atoms with Crippen molar-refractivity contribution < 1.29 is 9.90 Å². The van der Waals surface area contributed by atoms with Crippen molar-refractivity contribution in [2.24, 2.45) is 0 Å². The van der Waals surface area contributed by atoms with Crippen molar-refractivity contribution in [1.29, 1.82) is 0 Å². The van der Waals surface area contributed by atoms with E-state index in [0.717, 1.165) is 9.88 Å². The molecule has 2 N–H and O–H groups in total. The molecule has 7 heteroatoms. The molecule has 2 heterocycles. The molecule has 0 fully saturated rings. The SMILES string of the molecule is Cc1cnc(C(C)Nc2nc(C(=O)O)cs2)s1. The van der Waals surface area contributed by atoms with Gasteiger partial charge in [-0.3, -0.25) is 0 Å². The Kier molecular flexibility index (Phi) is 3.39. The number of nitrogens with one attached hydrogen (secondary N) is 1. The summed E-state index contributed by atoms with van der Waals surface area (Å²) in [5.41, 5.74) is 0.0695. The Morgan fingerprint density at radius 3 is 2.88 bits per heavy atom. The van der Waals surface area contributed by atoms with Crippen LogP contribution in [-0.4, -0.2) is 21.0 Å². The van der Waals surface area contributed by atoms with Gasteiger partial charge in [0.1, 0.15) is 5.01 Å². The number of rotatable bonds is 4. The van der Waals surface area contributed by atoms with Crippen LogP contribution in [0.25, 0.3) is 0 Å². The number of anilines is 1. The number of aromatic carboxylic acids is 1. The first kappa shape index (κ1) is 12.0. The predicted molar refractivity (Wildman–Crippen MR) is 68.0 cm³/mol. The molecule has 0 aliphatic rings. The monoisotopic (exact) mass is 269 g/mol. The van der Waals surface area contributed by atoms with Crippen molar-refractivity contribution >= 4 is 33.8 Å². The fourth-order valence-corrected chi connectivity index (χ4v) is 2.81. The second-order valence-electron chi connectivity index (χ2n) is 3.52. The van der Waals surface area contributed by atoms with Gasteiger partial charge in [-0.05, 0) is 13.8 Å². The van der Waals surface area contributed by atoms with Crippen LogP contribution < -0.4 is 5.32 Å². The highest BCUT2D eigenvalue weighted by atomic mass is 32.1. The Bertz CT molecular complexity index is 535. The minimum atomic E-state index is -1.01. The number of aryl methyl sites for hydroxylation is 1. The molecule has 5 nitrogen and oxygen atoms in total. The summed E-state index contributed by atoms with van der Waals surface area (Å²) < 4.78 is 0. The summed E-state index contributed by atoms with van der Waals surface area (Å²) in [6.07, 6.45) is 1.82. The number of nitrogens with zero attached hydrogens (tertiary/aromatic N) is 2. The van der Waals surface area contributed by atoms with E-state index in [-0.39, 0.29) is 11.7 Å². The molecule has 90 valence electrons. The highest BCUT2D eigenvalue weighted by Crippen LogP contribution is 2.25. The van der Waals surface area contributed by atoms with E-state index < -0.39 is 5.97 Å². The molecule has 0 radical (unpaired) electrons. The summed E-state index contributed by atoms with van der Waals surface area (Å²) in [5, 5.41) is 15.0. The van der Waals surface area contributed by atoms with Gasteiger partial charge in [-0.2, -0.15) is 0 Å². The molecule has 0 aliphatic carbocycles. The number of carboxylic acid groups (broad SMARTS) is 1. The zero-order chi connectivity index (χ0) is 12.4. The van der Waals surface area contributed by atoms with Gasteiger partial charge in [-0.25, -0.2) is 14.8 Å². The smallest absolute Gasteiger partial charge is 0.355 e. The van der Waals surface area contributed by atoms with E-state index in [4.69, 9.17) is 5.11 Å². The second-order valence-corrected chi connectivity index (χ2v) is 5.64. The molecule has 2 aromatic heterocycles. The molecule has 2 rings (SSSR count). The van der Waals surface area contributed by atoms with E-state index in [1.165, 1.54) is 16.7 Å². The average molecular weight is 269 g/mol. The van der Waals surface area contributed by atoms with Crippen LogP contribution >= 0.6 is 22.7 Å². The Morgan fingerprint density at radius 2 is 2.35 bits per heavy atom. The van der Waals surface area contributed by atoms with Crippen LogP contribution in [0.1, 0.15) is 33.3 Å². The highest BCUT2D eigenvalue weighted by molar-refractivity contribution is 7.14. The Labute approximate surface area is 106 Å². The lowest BCUT2D eigenvalue weighted by atomic mass is 10.4. The first-order valence-corrected chi connectivity index (χ1v) is 6.63. The lowest BCUT2D eigenvalue weighted by Crippen LogP contribution is -2.06. The third-order valence-electron chi connectivity index (χ3n) is 2.07. The van der Waals surface area contributed by atoms with Gasteiger partial charge in [-0.1, -0.05) is 0 Å². The van der Waals surface area contributed by atoms with E-state index in [1.807, 2.05) is 20.0 Å². The molecule has 0 bridgehead atoms. The van der Waals surface area contributed by atoms with Crippen molar-refractivity contribution in [1.82, 2.24) is 9.97 Å². The highest BCUT2D eigenvalue weighted by Gasteiger charge is 2.13. The van der Waals surface area contributed by atoms with E-state index in [0.29, 0.717) is 5.13 Å². The predicted octanol–water partition coefficient (Wildman–Crippen LogP) is 2.78. The van der Waals surface area contributed by atoms with Crippen LogP contribution in [0.4, 0.5) is 5.13 Å². The summed E-state index contributed by atoms with van der Waals surface area (Å²) in [4.78, 5) is 20.1. The lowest BCUT2D eigenvalue weighted by Gasteiger charge is -2.08. The Morgan fingerprint density at radius 1 is 1.59 bits per heavy atom. The summed E-state index contributed by atoms with van der Waals surface area (Å²) in [6.45, 7) is 3.97. The van der Waals surface area contributed by atoms with E-state index >= 15 is 0 Å².